The molecule has 20 heavy (non-hydrogen) atoms. The van der Waals surface area contributed by atoms with Crippen molar-refractivity contribution in [1.82, 2.24) is 4.90 Å². The highest BCUT2D eigenvalue weighted by atomic mass is 15.2. The van der Waals surface area contributed by atoms with E-state index in [9.17, 15) is 0 Å². The predicted octanol–water partition coefficient (Wildman–Crippen LogP) is 3.65. The fraction of sp³-hybridized carbons (Fsp3) is 0.667. The van der Waals surface area contributed by atoms with Gasteiger partial charge in [0.25, 0.3) is 0 Å². The molecular formula is C18H28N2. The smallest absolute Gasteiger partial charge is 0.0476 e. The first-order valence-electron chi connectivity index (χ1n) is 8.32. The summed E-state index contributed by atoms with van der Waals surface area (Å²) in [6.07, 6.45) is 8.45. The third-order valence-electron chi connectivity index (χ3n) is 5.46. The number of benzene rings is 1. The Morgan fingerprint density at radius 3 is 2.70 bits per heavy atom. The van der Waals surface area contributed by atoms with Gasteiger partial charge in [-0.3, -0.25) is 4.90 Å². The van der Waals surface area contributed by atoms with Crippen molar-refractivity contribution < 1.29 is 0 Å². The van der Waals surface area contributed by atoms with Gasteiger partial charge in [0.05, 0.1) is 0 Å². The van der Waals surface area contributed by atoms with Crippen LogP contribution in [0, 0.1) is 12.8 Å². The fourth-order valence-electron chi connectivity index (χ4n) is 4.45. The van der Waals surface area contributed by atoms with Gasteiger partial charge in [-0.05, 0) is 56.2 Å². The summed E-state index contributed by atoms with van der Waals surface area (Å²) in [5.41, 5.74) is 9.02. The van der Waals surface area contributed by atoms with Crippen LogP contribution in [-0.4, -0.2) is 24.0 Å². The number of nitrogens with two attached hydrogens (primary N) is 1. The molecule has 1 saturated heterocycles. The zero-order valence-corrected chi connectivity index (χ0v) is 12.7. The van der Waals surface area contributed by atoms with Crippen LogP contribution < -0.4 is 5.73 Å². The lowest BCUT2D eigenvalue weighted by atomic mass is 9.77. The van der Waals surface area contributed by atoms with Gasteiger partial charge < -0.3 is 5.73 Å². The van der Waals surface area contributed by atoms with Crippen LogP contribution in [0.15, 0.2) is 24.3 Å². The van der Waals surface area contributed by atoms with Crippen molar-refractivity contribution in [3.05, 3.63) is 35.4 Å². The predicted molar refractivity (Wildman–Crippen MR) is 84.7 cm³/mol. The summed E-state index contributed by atoms with van der Waals surface area (Å²) in [7, 11) is 0. The summed E-state index contributed by atoms with van der Waals surface area (Å²) in [4.78, 5) is 2.75. The van der Waals surface area contributed by atoms with Crippen molar-refractivity contribution in [2.24, 2.45) is 11.7 Å². The van der Waals surface area contributed by atoms with Gasteiger partial charge in [0.1, 0.15) is 0 Å². The highest BCUT2D eigenvalue weighted by molar-refractivity contribution is 5.29. The molecule has 1 aliphatic carbocycles. The van der Waals surface area contributed by atoms with Gasteiger partial charge in [-0.2, -0.15) is 0 Å². The molecule has 2 nitrogen and oxygen atoms in total. The van der Waals surface area contributed by atoms with Crippen LogP contribution in [0.5, 0.6) is 0 Å². The second-order valence-corrected chi connectivity index (χ2v) is 6.60. The van der Waals surface area contributed by atoms with E-state index in [0.29, 0.717) is 6.04 Å². The van der Waals surface area contributed by atoms with Crippen LogP contribution in [0.2, 0.25) is 0 Å². The Morgan fingerprint density at radius 1 is 1.15 bits per heavy atom. The lowest BCUT2D eigenvalue weighted by Gasteiger charge is -2.48. The van der Waals surface area contributed by atoms with E-state index in [1.165, 1.54) is 56.2 Å². The maximum atomic E-state index is 6.18. The van der Waals surface area contributed by atoms with E-state index in [0.717, 1.165) is 18.5 Å². The van der Waals surface area contributed by atoms with E-state index in [-0.39, 0.29) is 0 Å². The number of piperidine rings is 1. The zero-order chi connectivity index (χ0) is 13.9. The highest BCUT2D eigenvalue weighted by Gasteiger charge is 2.36. The molecular weight excluding hydrogens is 244 g/mol. The number of hydrogen-bond donors (Lipinski definition) is 1. The molecule has 2 N–H and O–H groups in total. The molecule has 3 rings (SSSR count). The normalized spacial score (nSPS) is 28.9. The lowest BCUT2D eigenvalue weighted by Crippen LogP contribution is -2.50. The van der Waals surface area contributed by atoms with E-state index in [4.69, 9.17) is 5.73 Å². The molecule has 0 bridgehead atoms. The molecule has 2 fully saturated rings. The minimum absolute atomic E-state index is 0.419. The molecule has 0 aromatic heterocycles. The standard InChI is InChI=1S/C18H28N2/c1-14-7-2-4-10-16(14)18(13-19)20-12-6-9-15-8-3-5-11-17(15)20/h2,4,7,10,15,17-18H,3,5-6,8-9,11-13,19H2,1H3. The van der Waals surface area contributed by atoms with Crippen LogP contribution in [-0.2, 0) is 0 Å². The number of hydrogen-bond acceptors (Lipinski definition) is 2. The van der Waals surface area contributed by atoms with Gasteiger partial charge >= 0.3 is 0 Å². The van der Waals surface area contributed by atoms with Crippen LogP contribution in [0.4, 0.5) is 0 Å². The van der Waals surface area contributed by atoms with Gasteiger partial charge in [0.2, 0.25) is 0 Å². The Balaban J connectivity index is 1.86. The average molecular weight is 272 g/mol. The highest BCUT2D eigenvalue weighted by Crippen LogP contribution is 2.39. The summed E-state index contributed by atoms with van der Waals surface area (Å²) in [6, 6.07) is 9.99. The molecule has 2 heteroatoms. The molecule has 110 valence electrons. The molecule has 3 atom stereocenters. The Morgan fingerprint density at radius 2 is 1.90 bits per heavy atom. The Hall–Kier alpha value is -0.860. The maximum absolute atomic E-state index is 6.18. The van der Waals surface area contributed by atoms with E-state index < -0.39 is 0 Å². The van der Waals surface area contributed by atoms with Crippen molar-refractivity contribution in [3.63, 3.8) is 0 Å². The fourth-order valence-corrected chi connectivity index (χ4v) is 4.45. The van der Waals surface area contributed by atoms with E-state index in [1.54, 1.807) is 0 Å². The molecule has 3 unspecified atom stereocenters. The molecule has 1 aromatic rings. The van der Waals surface area contributed by atoms with E-state index >= 15 is 0 Å². The molecule has 1 aliphatic heterocycles. The van der Waals surface area contributed by atoms with Crippen LogP contribution >= 0.6 is 0 Å². The first-order chi connectivity index (χ1) is 9.81. The molecule has 0 radical (unpaired) electrons. The summed E-state index contributed by atoms with van der Waals surface area (Å²) < 4.78 is 0. The van der Waals surface area contributed by atoms with Crippen LogP contribution in [0.1, 0.15) is 55.7 Å². The molecule has 1 aromatic carbocycles. The van der Waals surface area contributed by atoms with E-state index in [2.05, 4.69) is 36.1 Å². The number of fused-ring (bicyclic) bond motifs is 1. The third-order valence-corrected chi connectivity index (χ3v) is 5.46. The van der Waals surface area contributed by atoms with Crippen molar-refractivity contribution in [1.29, 1.82) is 0 Å². The van der Waals surface area contributed by atoms with Crippen molar-refractivity contribution in [3.8, 4) is 0 Å². The van der Waals surface area contributed by atoms with Crippen molar-refractivity contribution in [2.75, 3.05) is 13.1 Å². The van der Waals surface area contributed by atoms with Crippen molar-refractivity contribution in [2.45, 2.75) is 57.5 Å². The molecule has 2 aliphatic rings. The first kappa shape index (κ1) is 14.1. The van der Waals surface area contributed by atoms with Gasteiger partial charge in [0.15, 0.2) is 0 Å². The Bertz CT molecular complexity index is 441. The minimum atomic E-state index is 0.419. The molecule has 1 heterocycles. The number of nitrogens with zero attached hydrogens (tertiary/aromatic N) is 1. The summed E-state index contributed by atoms with van der Waals surface area (Å²) >= 11 is 0. The summed E-state index contributed by atoms with van der Waals surface area (Å²) in [5.74, 6) is 0.926. The lowest BCUT2D eigenvalue weighted by molar-refractivity contribution is 0.0274. The van der Waals surface area contributed by atoms with Gasteiger partial charge in [-0.25, -0.2) is 0 Å². The van der Waals surface area contributed by atoms with Gasteiger partial charge in [-0.1, -0.05) is 37.1 Å². The molecule has 0 amide bonds. The van der Waals surface area contributed by atoms with Crippen LogP contribution in [0.3, 0.4) is 0 Å². The zero-order valence-electron chi connectivity index (χ0n) is 12.7. The average Bonchev–Trinajstić information content (AvgIpc) is 2.50. The van der Waals surface area contributed by atoms with Crippen molar-refractivity contribution >= 4 is 0 Å². The van der Waals surface area contributed by atoms with Gasteiger partial charge in [0, 0.05) is 18.6 Å². The summed E-state index contributed by atoms with van der Waals surface area (Å²) in [5, 5.41) is 0. The molecule has 0 spiro atoms. The SMILES string of the molecule is Cc1ccccc1C(CN)N1CCCC2CCCCC21. The first-order valence-corrected chi connectivity index (χ1v) is 8.32. The largest absolute Gasteiger partial charge is 0.329 e. The number of rotatable bonds is 3. The second kappa shape index (κ2) is 6.28. The maximum Gasteiger partial charge on any atom is 0.0476 e. The third kappa shape index (κ3) is 2.64. The summed E-state index contributed by atoms with van der Waals surface area (Å²) in [6.45, 7) is 4.20. The van der Waals surface area contributed by atoms with Gasteiger partial charge in [-0.15, -0.1) is 0 Å². The quantitative estimate of drug-likeness (QED) is 0.910. The van der Waals surface area contributed by atoms with Crippen LogP contribution in [0.25, 0.3) is 0 Å². The topological polar surface area (TPSA) is 29.3 Å². The second-order valence-electron chi connectivity index (χ2n) is 6.60. The monoisotopic (exact) mass is 272 g/mol. The Labute approximate surface area is 123 Å². The molecule has 1 saturated carbocycles. The Kier molecular flexibility index (Phi) is 4.42. The number of aryl methyl sites for hydroxylation is 1. The van der Waals surface area contributed by atoms with E-state index in [1.807, 2.05) is 0 Å². The number of likely N-dealkylation sites (tertiary alicyclic amines) is 1. The minimum Gasteiger partial charge on any atom is -0.329 e.